The van der Waals surface area contributed by atoms with Crippen molar-refractivity contribution in [3.8, 4) is 0 Å². The molecule has 0 rings (SSSR count). The van der Waals surface area contributed by atoms with E-state index in [0.29, 0.717) is 0 Å². The van der Waals surface area contributed by atoms with Gasteiger partial charge in [0.1, 0.15) is 0 Å². The van der Waals surface area contributed by atoms with Crippen LogP contribution in [-0.2, 0) is 4.79 Å². The number of halogens is 3. The predicted molar refractivity (Wildman–Crippen MR) is 35.0 cm³/mol. The molecule has 0 unspecified atom stereocenters. The standard InChI is InChI=1S/C5H9BF3O2/c7-6(8,9)5(11)3-1-2-4-10/h10H,1-4H2/q-1. The molecule has 0 saturated heterocycles. The minimum Gasteiger partial charge on any atom is -0.443 e. The van der Waals surface area contributed by atoms with Crippen LogP contribution in [0.1, 0.15) is 19.3 Å². The lowest BCUT2D eigenvalue weighted by atomic mass is 9.81. The van der Waals surface area contributed by atoms with Gasteiger partial charge in [0.05, 0.1) is 5.68 Å². The van der Waals surface area contributed by atoms with Crippen molar-refractivity contribution in [3.05, 3.63) is 0 Å². The smallest absolute Gasteiger partial charge is 0.443 e. The van der Waals surface area contributed by atoms with Crippen molar-refractivity contribution in [2.24, 2.45) is 0 Å². The van der Waals surface area contributed by atoms with Crippen molar-refractivity contribution in [2.45, 2.75) is 19.3 Å². The van der Waals surface area contributed by atoms with Crippen LogP contribution in [0.4, 0.5) is 12.9 Å². The minimum absolute atomic E-state index is 0.108. The Morgan fingerprint density at radius 1 is 1.27 bits per heavy atom. The van der Waals surface area contributed by atoms with Crippen molar-refractivity contribution in [2.75, 3.05) is 6.61 Å². The summed E-state index contributed by atoms with van der Waals surface area (Å²) in [5.41, 5.74) is -1.65. The molecule has 0 aromatic rings. The maximum Gasteiger partial charge on any atom is 0.544 e. The van der Waals surface area contributed by atoms with E-state index in [9.17, 15) is 17.7 Å². The van der Waals surface area contributed by atoms with E-state index < -0.39 is 19.1 Å². The molecule has 0 heterocycles. The first-order valence-corrected chi connectivity index (χ1v) is 3.32. The van der Waals surface area contributed by atoms with E-state index in [-0.39, 0.29) is 19.4 Å². The van der Waals surface area contributed by atoms with E-state index in [0.717, 1.165) is 0 Å². The summed E-state index contributed by atoms with van der Waals surface area (Å²) in [5.74, 6) is 0. The fourth-order valence-corrected chi connectivity index (χ4v) is 0.575. The van der Waals surface area contributed by atoms with Crippen molar-refractivity contribution in [1.29, 1.82) is 0 Å². The minimum atomic E-state index is -5.31. The third-order valence-electron chi connectivity index (χ3n) is 1.20. The van der Waals surface area contributed by atoms with Crippen LogP contribution in [0.5, 0.6) is 0 Å². The molecule has 0 saturated carbocycles. The molecule has 0 radical (unpaired) electrons. The molecule has 0 fully saturated rings. The summed E-state index contributed by atoms with van der Waals surface area (Å²) in [7, 11) is 0. The van der Waals surface area contributed by atoms with Crippen molar-refractivity contribution in [3.63, 3.8) is 0 Å². The Balaban J connectivity index is 3.54. The Hall–Kier alpha value is -0.515. The first-order chi connectivity index (χ1) is 4.98. The zero-order valence-electron chi connectivity index (χ0n) is 5.90. The molecule has 0 aliphatic carbocycles. The lowest BCUT2D eigenvalue weighted by Crippen LogP contribution is -2.29. The Morgan fingerprint density at radius 3 is 2.18 bits per heavy atom. The van der Waals surface area contributed by atoms with Crippen LogP contribution in [0.2, 0.25) is 0 Å². The summed E-state index contributed by atoms with van der Waals surface area (Å²) in [6.45, 7) is -5.47. The largest absolute Gasteiger partial charge is 0.544 e. The van der Waals surface area contributed by atoms with Gasteiger partial charge in [0.15, 0.2) is 0 Å². The molecule has 0 bridgehead atoms. The lowest BCUT2D eigenvalue weighted by Gasteiger charge is -2.11. The number of aliphatic hydroxyl groups excluding tert-OH is 1. The van der Waals surface area contributed by atoms with Gasteiger partial charge in [0.25, 0.3) is 0 Å². The number of rotatable bonds is 5. The van der Waals surface area contributed by atoms with E-state index in [1.807, 2.05) is 0 Å². The molecule has 0 aromatic heterocycles. The predicted octanol–water partition coefficient (Wildman–Crippen LogP) is 1.10. The van der Waals surface area contributed by atoms with E-state index in [2.05, 4.69) is 0 Å². The van der Waals surface area contributed by atoms with Crippen molar-refractivity contribution in [1.82, 2.24) is 0 Å². The van der Waals surface area contributed by atoms with Gasteiger partial charge in [-0.25, -0.2) is 0 Å². The molecule has 0 atom stereocenters. The highest BCUT2D eigenvalue weighted by atomic mass is 19.4. The molecule has 6 heteroatoms. The van der Waals surface area contributed by atoms with Gasteiger partial charge in [-0.05, 0) is 19.3 Å². The summed E-state index contributed by atoms with van der Waals surface area (Å²) in [6.07, 6.45) is -0.140. The third kappa shape index (κ3) is 4.83. The maximum absolute atomic E-state index is 11.5. The Morgan fingerprint density at radius 2 is 1.82 bits per heavy atom. The zero-order chi connectivity index (χ0) is 8.91. The van der Waals surface area contributed by atoms with Gasteiger partial charge in [-0.2, -0.15) is 0 Å². The maximum atomic E-state index is 11.5. The number of hydrogen-bond donors (Lipinski definition) is 1. The molecular formula is C5H9BF3O2-. The Kier molecular flexibility index (Phi) is 4.18. The van der Waals surface area contributed by atoms with E-state index in [1.54, 1.807) is 0 Å². The number of hydrogen-bond acceptors (Lipinski definition) is 2. The second-order valence-corrected chi connectivity index (χ2v) is 2.22. The van der Waals surface area contributed by atoms with Crippen LogP contribution in [0.15, 0.2) is 0 Å². The molecule has 0 aromatic carbocycles. The number of carbonyl (C=O) groups excluding carboxylic acids is 1. The van der Waals surface area contributed by atoms with E-state index >= 15 is 0 Å². The van der Waals surface area contributed by atoms with Gasteiger partial charge in [-0.1, -0.05) is 0 Å². The van der Waals surface area contributed by atoms with E-state index in [4.69, 9.17) is 5.11 Å². The molecule has 0 amide bonds. The Labute approximate surface area is 62.5 Å². The molecule has 1 N–H and O–H groups in total. The number of unbranched alkanes of at least 4 members (excludes halogenated alkanes) is 1. The first kappa shape index (κ1) is 10.5. The van der Waals surface area contributed by atoms with Crippen LogP contribution >= 0.6 is 0 Å². The zero-order valence-corrected chi connectivity index (χ0v) is 5.90. The van der Waals surface area contributed by atoms with Gasteiger partial charge in [-0.15, -0.1) is 0 Å². The molecule has 0 aliphatic rings. The van der Waals surface area contributed by atoms with Crippen LogP contribution < -0.4 is 0 Å². The molecular weight excluding hydrogens is 160 g/mol. The second kappa shape index (κ2) is 4.38. The fraction of sp³-hybridized carbons (Fsp3) is 0.800. The Bertz CT molecular complexity index is 134. The van der Waals surface area contributed by atoms with Gasteiger partial charge < -0.3 is 22.8 Å². The number of aliphatic hydroxyl groups is 1. The summed E-state index contributed by atoms with van der Waals surface area (Å²) in [4.78, 5) is 10.2. The normalized spacial score (nSPS) is 11.6. The van der Waals surface area contributed by atoms with Crippen LogP contribution in [0.25, 0.3) is 0 Å². The van der Waals surface area contributed by atoms with Gasteiger partial charge in [0.2, 0.25) is 0 Å². The van der Waals surface area contributed by atoms with Crippen molar-refractivity contribution < 1.29 is 22.8 Å². The van der Waals surface area contributed by atoms with E-state index in [1.165, 1.54) is 0 Å². The van der Waals surface area contributed by atoms with Gasteiger partial charge in [0, 0.05) is 6.61 Å². The topological polar surface area (TPSA) is 37.3 Å². The van der Waals surface area contributed by atoms with Crippen LogP contribution in [0, 0.1) is 0 Å². The number of carbonyl (C=O) groups is 1. The molecule has 0 aliphatic heterocycles. The molecule has 66 valence electrons. The van der Waals surface area contributed by atoms with Gasteiger partial charge in [-0.3, -0.25) is 0 Å². The average Bonchev–Trinajstić information content (AvgIpc) is 1.86. The summed E-state index contributed by atoms with van der Waals surface area (Å²) in [5, 5.41) is 8.19. The summed E-state index contributed by atoms with van der Waals surface area (Å²) in [6, 6.07) is 0. The monoisotopic (exact) mass is 169 g/mol. The molecule has 2 nitrogen and oxygen atoms in total. The third-order valence-corrected chi connectivity index (χ3v) is 1.20. The van der Waals surface area contributed by atoms with Gasteiger partial charge >= 0.3 is 6.98 Å². The lowest BCUT2D eigenvalue weighted by molar-refractivity contribution is -0.115. The average molecular weight is 169 g/mol. The highest BCUT2D eigenvalue weighted by Crippen LogP contribution is 2.13. The molecule has 0 spiro atoms. The highest BCUT2D eigenvalue weighted by molar-refractivity contribution is 6.90. The van der Waals surface area contributed by atoms with Crippen molar-refractivity contribution >= 4 is 12.7 Å². The molecule has 11 heavy (non-hydrogen) atoms. The second-order valence-electron chi connectivity index (χ2n) is 2.22. The van der Waals surface area contributed by atoms with Crippen LogP contribution in [0.3, 0.4) is 0 Å². The summed E-state index contributed by atoms with van der Waals surface area (Å²) < 4.78 is 34.6. The fourth-order valence-electron chi connectivity index (χ4n) is 0.575. The highest BCUT2D eigenvalue weighted by Gasteiger charge is 2.31. The SMILES string of the molecule is O=C(CCCCO)[B-](F)(F)F. The first-order valence-electron chi connectivity index (χ1n) is 3.32. The van der Waals surface area contributed by atoms with Crippen LogP contribution in [-0.4, -0.2) is 24.4 Å². The quantitative estimate of drug-likeness (QED) is 0.494. The summed E-state index contributed by atoms with van der Waals surface area (Å²) >= 11 is 0.